The molecule has 2 aliphatic heterocycles. The number of nitrogens with two attached hydrogens (primary N) is 1. The Labute approximate surface area is 166 Å². The molecule has 4 rings (SSSR count). The number of rotatable bonds is 4. The van der Waals surface area contributed by atoms with E-state index in [1.165, 1.54) is 12.4 Å². The summed E-state index contributed by atoms with van der Waals surface area (Å²) < 4.78 is 20.9. The van der Waals surface area contributed by atoms with Gasteiger partial charge in [0.15, 0.2) is 0 Å². The third-order valence-electron chi connectivity index (χ3n) is 5.47. The molecule has 10 heteroatoms. The summed E-state index contributed by atoms with van der Waals surface area (Å²) in [5.41, 5.74) is 5.74. The van der Waals surface area contributed by atoms with Gasteiger partial charge in [0.1, 0.15) is 11.5 Å². The molecule has 0 radical (unpaired) electrons. The van der Waals surface area contributed by atoms with Crippen LogP contribution in [0.1, 0.15) is 37.4 Å². The third kappa shape index (κ3) is 3.73. The number of nitro benzene ring substituents is 1. The highest BCUT2D eigenvalue weighted by molar-refractivity contribution is 5.76. The van der Waals surface area contributed by atoms with Gasteiger partial charge in [0.05, 0.1) is 17.1 Å². The van der Waals surface area contributed by atoms with E-state index in [1.54, 1.807) is 0 Å². The molecule has 0 bridgehead atoms. The molecular weight excluding hydrogens is 381 g/mol. The number of nitrogen functional groups attached to an aromatic ring is 1. The molecule has 2 aromatic rings. The molecule has 9 nitrogen and oxygen atoms in total. The van der Waals surface area contributed by atoms with Gasteiger partial charge in [-0.15, -0.1) is 0 Å². The minimum atomic E-state index is -0.641. The molecule has 3 heterocycles. The molecule has 1 unspecified atom stereocenters. The number of hydrogen-bond donors (Lipinski definition) is 2. The number of nitro groups is 1. The van der Waals surface area contributed by atoms with Gasteiger partial charge >= 0.3 is 0 Å². The maximum Gasteiger partial charge on any atom is 0.293 e. The molecule has 1 aromatic heterocycles. The summed E-state index contributed by atoms with van der Waals surface area (Å²) >= 11 is 0. The molecule has 154 valence electrons. The zero-order valence-corrected chi connectivity index (χ0v) is 15.8. The largest absolute Gasteiger partial charge is 0.393 e. The lowest BCUT2D eigenvalue weighted by Crippen LogP contribution is -2.36. The van der Waals surface area contributed by atoms with Crippen LogP contribution in [0.2, 0.25) is 0 Å². The highest BCUT2D eigenvalue weighted by Crippen LogP contribution is 2.42. The molecule has 2 fully saturated rings. The lowest BCUT2D eigenvalue weighted by Gasteiger charge is -2.29. The second-order valence-electron chi connectivity index (χ2n) is 7.33. The van der Waals surface area contributed by atoms with Crippen LogP contribution in [0.15, 0.2) is 18.5 Å². The van der Waals surface area contributed by atoms with Crippen LogP contribution >= 0.6 is 0 Å². The van der Waals surface area contributed by atoms with Crippen molar-refractivity contribution in [2.45, 2.75) is 37.9 Å². The average molecular weight is 403 g/mol. The van der Waals surface area contributed by atoms with Crippen molar-refractivity contribution >= 4 is 17.3 Å². The zero-order chi connectivity index (χ0) is 20.5. The van der Waals surface area contributed by atoms with Crippen molar-refractivity contribution in [1.82, 2.24) is 9.97 Å². The number of ether oxygens (including phenoxy) is 1. The van der Waals surface area contributed by atoms with E-state index in [0.717, 1.165) is 12.5 Å². The maximum atomic E-state index is 15.3. The fraction of sp³-hybridized carbons (Fsp3) is 0.474. The van der Waals surface area contributed by atoms with Gasteiger partial charge in [0.25, 0.3) is 5.69 Å². The van der Waals surface area contributed by atoms with E-state index in [2.05, 4.69) is 9.97 Å². The summed E-state index contributed by atoms with van der Waals surface area (Å²) in [5.74, 6) is -0.164. The van der Waals surface area contributed by atoms with Gasteiger partial charge < -0.3 is 20.5 Å². The van der Waals surface area contributed by atoms with Crippen molar-refractivity contribution in [3.8, 4) is 11.1 Å². The Kier molecular flexibility index (Phi) is 5.29. The van der Waals surface area contributed by atoms with Crippen LogP contribution in [-0.2, 0) is 4.74 Å². The SMILES string of the molecule is Nc1c([N+](=O)[O-])cc(-c2cnc(N3CCC(O)CC3)nc2)c(F)c1C1CCCO1. The van der Waals surface area contributed by atoms with Gasteiger partial charge in [-0.2, -0.15) is 0 Å². The van der Waals surface area contributed by atoms with E-state index in [9.17, 15) is 15.2 Å². The second kappa shape index (κ2) is 7.88. The number of anilines is 2. The first-order chi connectivity index (χ1) is 14.0. The van der Waals surface area contributed by atoms with Gasteiger partial charge in [-0.1, -0.05) is 0 Å². The molecule has 0 spiro atoms. The standard InChI is InChI=1S/C19H22FN5O4/c20-17-13(8-14(25(27)28)18(21)16(17)15-2-1-7-29-15)11-9-22-19(23-10-11)24-5-3-12(26)4-6-24/h8-10,12,15,26H,1-7,21H2. The van der Waals surface area contributed by atoms with E-state index in [-0.39, 0.29) is 28.6 Å². The van der Waals surface area contributed by atoms with Crippen LogP contribution in [-0.4, -0.2) is 45.8 Å². The Morgan fingerprint density at radius 3 is 2.55 bits per heavy atom. The van der Waals surface area contributed by atoms with E-state index in [1.807, 2.05) is 4.90 Å². The van der Waals surface area contributed by atoms with E-state index in [0.29, 0.717) is 50.5 Å². The lowest BCUT2D eigenvalue weighted by atomic mass is 9.96. The summed E-state index contributed by atoms with van der Waals surface area (Å²) in [5, 5.41) is 21.1. The summed E-state index contributed by atoms with van der Waals surface area (Å²) in [7, 11) is 0. The van der Waals surface area contributed by atoms with Crippen molar-refractivity contribution in [3.63, 3.8) is 0 Å². The minimum absolute atomic E-state index is 0.0250. The Morgan fingerprint density at radius 1 is 1.28 bits per heavy atom. The molecule has 1 aromatic carbocycles. The van der Waals surface area contributed by atoms with Crippen LogP contribution in [0.5, 0.6) is 0 Å². The summed E-state index contributed by atoms with van der Waals surface area (Å²) in [6.07, 6.45) is 4.54. The van der Waals surface area contributed by atoms with E-state index >= 15 is 4.39 Å². The molecule has 2 aliphatic rings. The predicted octanol–water partition coefficient (Wildman–Crippen LogP) is 2.59. The smallest absolute Gasteiger partial charge is 0.293 e. The quantitative estimate of drug-likeness (QED) is 0.453. The topological polar surface area (TPSA) is 128 Å². The summed E-state index contributed by atoms with van der Waals surface area (Å²) in [4.78, 5) is 21.4. The van der Waals surface area contributed by atoms with Crippen LogP contribution in [0.25, 0.3) is 11.1 Å². The number of hydrogen-bond acceptors (Lipinski definition) is 8. The van der Waals surface area contributed by atoms with Crippen LogP contribution in [0.4, 0.5) is 21.7 Å². The van der Waals surface area contributed by atoms with Crippen LogP contribution in [0, 0.1) is 15.9 Å². The molecule has 1 atom stereocenters. The van der Waals surface area contributed by atoms with Gasteiger partial charge in [-0.05, 0) is 25.7 Å². The minimum Gasteiger partial charge on any atom is -0.393 e. The fourth-order valence-corrected chi connectivity index (χ4v) is 3.85. The van der Waals surface area contributed by atoms with Crippen molar-refractivity contribution in [2.24, 2.45) is 0 Å². The molecule has 2 saturated heterocycles. The number of nitrogens with zero attached hydrogens (tertiary/aromatic N) is 4. The van der Waals surface area contributed by atoms with Crippen molar-refractivity contribution < 1.29 is 19.2 Å². The first-order valence-electron chi connectivity index (χ1n) is 9.59. The third-order valence-corrected chi connectivity index (χ3v) is 5.47. The number of aliphatic hydroxyl groups is 1. The first-order valence-corrected chi connectivity index (χ1v) is 9.59. The molecule has 0 aliphatic carbocycles. The van der Waals surface area contributed by atoms with Gasteiger partial charge in [-0.25, -0.2) is 14.4 Å². The number of aromatic nitrogens is 2. The van der Waals surface area contributed by atoms with Gasteiger partial charge in [0, 0.05) is 54.8 Å². The van der Waals surface area contributed by atoms with Crippen LogP contribution < -0.4 is 10.6 Å². The van der Waals surface area contributed by atoms with Crippen molar-refractivity contribution in [1.29, 1.82) is 0 Å². The van der Waals surface area contributed by atoms with E-state index < -0.39 is 16.8 Å². The van der Waals surface area contributed by atoms with Crippen molar-refractivity contribution in [2.75, 3.05) is 30.3 Å². The first kappa shape index (κ1) is 19.5. The molecule has 0 saturated carbocycles. The van der Waals surface area contributed by atoms with Crippen LogP contribution in [0.3, 0.4) is 0 Å². The Balaban J connectivity index is 1.71. The number of benzene rings is 1. The highest BCUT2D eigenvalue weighted by Gasteiger charge is 2.31. The normalized spacial score (nSPS) is 20.2. The fourth-order valence-electron chi connectivity index (χ4n) is 3.85. The monoisotopic (exact) mass is 403 g/mol. The second-order valence-corrected chi connectivity index (χ2v) is 7.33. The molecule has 29 heavy (non-hydrogen) atoms. The average Bonchev–Trinajstić information content (AvgIpc) is 3.23. The van der Waals surface area contributed by atoms with E-state index in [4.69, 9.17) is 10.5 Å². The number of halogens is 1. The molecule has 0 amide bonds. The highest BCUT2D eigenvalue weighted by atomic mass is 19.1. The Hall–Kier alpha value is -2.85. The zero-order valence-electron chi connectivity index (χ0n) is 15.8. The van der Waals surface area contributed by atoms with Gasteiger partial charge in [-0.3, -0.25) is 10.1 Å². The summed E-state index contributed by atoms with van der Waals surface area (Å²) in [6.45, 7) is 1.72. The summed E-state index contributed by atoms with van der Waals surface area (Å²) in [6, 6.07) is 1.12. The van der Waals surface area contributed by atoms with Crippen molar-refractivity contribution in [3.05, 3.63) is 40.0 Å². The number of piperidine rings is 1. The maximum absolute atomic E-state index is 15.3. The lowest BCUT2D eigenvalue weighted by molar-refractivity contribution is -0.384. The predicted molar refractivity (Wildman–Crippen MR) is 104 cm³/mol. The molecular formula is C19H22FN5O4. The number of aliphatic hydroxyl groups excluding tert-OH is 1. The Bertz CT molecular complexity index is 910. The van der Waals surface area contributed by atoms with Gasteiger partial charge in [0.2, 0.25) is 5.95 Å². The Morgan fingerprint density at radius 2 is 1.97 bits per heavy atom. The molecule has 3 N–H and O–H groups in total.